The van der Waals surface area contributed by atoms with E-state index in [1.807, 2.05) is 18.7 Å². The molecule has 0 aromatic heterocycles. The molecule has 0 spiro atoms. The molecule has 0 radical (unpaired) electrons. The molecule has 0 saturated carbocycles. The van der Waals surface area contributed by atoms with Gasteiger partial charge in [-0.15, -0.1) is 24.0 Å². The first-order valence-electron chi connectivity index (χ1n) is 9.41. The molecule has 1 heterocycles. The molecule has 0 aliphatic carbocycles. The zero-order chi connectivity index (χ0) is 20.6. The molecule has 1 unspecified atom stereocenters. The van der Waals surface area contributed by atoms with Crippen LogP contribution < -0.4 is 15.4 Å². The third kappa shape index (κ3) is 9.09. The lowest BCUT2D eigenvalue weighted by Crippen LogP contribution is -2.45. The lowest BCUT2D eigenvalue weighted by atomic mass is 10.2. The molecule has 164 valence electrons. The van der Waals surface area contributed by atoms with Crippen LogP contribution in [0.25, 0.3) is 0 Å². The molecule has 1 fully saturated rings. The first kappa shape index (κ1) is 25.3. The highest BCUT2D eigenvalue weighted by Gasteiger charge is 2.28. The number of hydrogen-bond acceptors (Lipinski definition) is 3. The van der Waals surface area contributed by atoms with Gasteiger partial charge in [0.15, 0.2) is 12.6 Å². The minimum absolute atomic E-state index is 0. The Morgan fingerprint density at radius 3 is 2.76 bits per heavy atom. The van der Waals surface area contributed by atoms with E-state index in [1.54, 1.807) is 18.2 Å². The van der Waals surface area contributed by atoms with E-state index in [9.17, 15) is 18.0 Å². The molecule has 10 heteroatoms. The van der Waals surface area contributed by atoms with Crippen LogP contribution in [-0.2, 0) is 11.3 Å². The lowest BCUT2D eigenvalue weighted by molar-refractivity contribution is -0.153. The second-order valence-corrected chi connectivity index (χ2v) is 6.57. The minimum Gasteiger partial charge on any atom is -0.484 e. The van der Waals surface area contributed by atoms with E-state index in [0.717, 1.165) is 18.5 Å². The molecule has 6 nitrogen and oxygen atoms in total. The molecule has 29 heavy (non-hydrogen) atoms. The molecule has 1 atom stereocenters. The number of alkyl halides is 3. The van der Waals surface area contributed by atoms with Crippen molar-refractivity contribution in [2.24, 2.45) is 4.99 Å². The fourth-order valence-corrected chi connectivity index (χ4v) is 2.91. The van der Waals surface area contributed by atoms with Crippen LogP contribution in [0.1, 0.15) is 32.3 Å². The van der Waals surface area contributed by atoms with Crippen molar-refractivity contribution >= 4 is 35.8 Å². The van der Waals surface area contributed by atoms with Crippen LogP contribution in [0.5, 0.6) is 5.75 Å². The molecule has 0 bridgehead atoms. The molecule has 1 amide bonds. The van der Waals surface area contributed by atoms with Gasteiger partial charge in [-0.25, -0.2) is 4.99 Å². The van der Waals surface area contributed by atoms with E-state index in [-0.39, 0.29) is 41.7 Å². The number of nitrogens with zero attached hydrogens (tertiary/aromatic N) is 2. The van der Waals surface area contributed by atoms with E-state index in [4.69, 9.17) is 4.74 Å². The van der Waals surface area contributed by atoms with Gasteiger partial charge in [-0.05, 0) is 31.0 Å². The molecule has 1 saturated heterocycles. The maximum absolute atomic E-state index is 12.3. The second-order valence-electron chi connectivity index (χ2n) is 6.57. The van der Waals surface area contributed by atoms with Gasteiger partial charge in [-0.1, -0.05) is 19.1 Å². The average Bonchev–Trinajstić information content (AvgIpc) is 3.12. The molecule has 1 aliphatic rings. The van der Waals surface area contributed by atoms with Crippen LogP contribution in [0.2, 0.25) is 0 Å². The first-order chi connectivity index (χ1) is 13.3. The molecule has 2 rings (SSSR count). The Balaban J connectivity index is 0.00000420. The molecule has 1 aliphatic heterocycles. The van der Waals surface area contributed by atoms with Crippen LogP contribution in [0, 0.1) is 0 Å². The summed E-state index contributed by atoms with van der Waals surface area (Å²) in [4.78, 5) is 18.1. The third-order valence-corrected chi connectivity index (χ3v) is 4.25. The number of benzene rings is 1. The van der Waals surface area contributed by atoms with E-state index < -0.39 is 12.8 Å². The van der Waals surface area contributed by atoms with Crippen molar-refractivity contribution in [2.45, 2.75) is 45.5 Å². The number of halogens is 4. The summed E-state index contributed by atoms with van der Waals surface area (Å²) in [6.07, 6.45) is -3.03. The maximum Gasteiger partial charge on any atom is 0.422 e. The summed E-state index contributed by atoms with van der Waals surface area (Å²) in [6, 6.07) is 6.58. The standard InChI is InChI=1S/C19H27F3N4O2.HI/c1-3-17(27)26-9-8-15(12-26)25-18(23-4-2)24-11-14-6-5-7-16(10-14)28-13-19(20,21)22;/h5-7,10,15H,3-4,8-9,11-13H2,1-2H3,(H2,23,24,25);1H. The summed E-state index contributed by atoms with van der Waals surface area (Å²) in [5.41, 5.74) is 0.742. The highest BCUT2D eigenvalue weighted by molar-refractivity contribution is 14.0. The summed E-state index contributed by atoms with van der Waals surface area (Å²) >= 11 is 0. The van der Waals surface area contributed by atoms with Gasteiger partial charge in [0.05, 0.1) is 6.54 Å². The maximum atomic E-state index is 12.3. The van der Waals surface area contributed by atoms with E-state index >= 15 is 0 Å². The smallest absolute Gasteiger partial charge is 0.422 e. The van der Waals surface area contributed by atoms with Crippen molar-refractivity contribution < 1.29 is 22.7 Å². The van der Waals surface area contributed by atoms with Crippen molar-refractivity contribution in [3.8, 4) is 5.75 Å². The average molecular weight is 528 g/mol. The van der Waals surface area contributed by atoms with Crippen LogP contribution in [0.4, 0.5) is 13.2 Å². The normalized spacial score (nSPS) is 16.9. The molecule has 1 aromatic rings. The summed E-state index contributed by atoms with van der Waals surface area (Å²) in [5.74, 6) is 0.911. The number of rotatable bonds is 7. The fourth-order valence-electron chi connectivity index (χ4n) is 2.91. The predicted octanol–water partition coefficient (Wildman–Crippen LogP) is 3.31. The topological polar surface area (TPSA) is 66.0 Å². The number of nitrogens with one attached hydrogen (secondary N) is 2. The van der Waals surface area contributed by atoms with Gasteiger partial charge in [0.1, 0.15) is 5.75 Å². The lowest BCUT2D eigenvalue weighted by Gasteiger charge is -2.18. The number of carbonyl (C=O) groups is 1. The minimum atomic E-state index is -4.37. The second kappa shape index (κ2) is 12.1. The van der Waals surface area contributed by atoms with Crippen molar-refractivity contribution in [1.82, 2.24) is 15.5 Å². The summed E-state index contributed by atoms with van der Waals surface area (Å²) in [7, 11) is 0. The van der Waals surface area contributed by atoms with Crippen LogP contribution in [-0.4, -0.2) is 55.2 Å². The van der Waals surface area contributed by atoms with E-state index in [1.165, 1.54) is 6.07 Å². The van der Waals surface area contributed by atoms with Gasteiger partial charge in [0.2, 0.25) is 5.91 Å². The number of likely N-dealkylation sites (tertiary alicyclic amines) is 1. The van der Waals surface area contributed by atoms with Crippen molar-refractivity contribution in [3.63, 3.8) is 0 Å². The highest BCUT2D eigenvalue weighted by Crippen LogP contribution is 2.19. The van der Waals surface area contributed by atoms with Gasteiger partial charge in [-0.2, -0.15) is 13.2 Å². The van der Waals surface area contributed by atoms with Crippen LogP contribution in [0.15, 0.2) is 29.3 Å². The Hall–Kier alpha value is -1.72. The zero-order valence-electron chi connectivity index (χ0n) is 16.6. The SMILES string of the molecule is CCNC(=NCc1cccc(OCC(F)(F)F)c1)NC1CCN(C(=O)CC)C1.I. The van der Waals surface area contributed by atoms with Gasteiger partial charge in [-0.3, -0.25) is 4.79 Å². The zero-order valence-corrected chi connectivity index (χ0v) is 18.9. The number of hydrogen-bond donors (Lipinski definition) is 2. The molecular formula is C19H28F3IN4O2. The Kier molecular flexibility index (Phi) is 10.5. The summed E-state index contributed by atoms with van der Waals surface area (Å²) in [5, 5.41) is 6.47. The number of ether oxygens (including phenoxy) is 1. The number of amides is 1. The Labute approximate surface area is 186 Å². The van der Waals surface area contributed by atoms with Gasteiger partial charge in [0, 0.05) is 32.1 Å². The summed E-state index contributed by atoms with van der Waals surface area (Å²) in [6.45, 7) is 4.80. The quantitative estimate of drug-likeness (QED) is 0.324. The number of aliphatic imine (C=N–C) groups is 1. The number of carbonyl (C=O) groups excluding carboxylic acids is 1. The Morgan fingerprint density at radius 2 is 2.10 bits per heavy atom. The van der Waals surface area contributed by atoms with Gasteiger partial charge >= 0.3 is 6.18 Å². The van der Waals surface area contributed by atoms with Crippen LogP contribution >= 0.6 is 24.0 Å². The van der Waals surface area contributed by atoms with Crippen molar-refractivity contribution in [2.75, 3.05) is 26.2 Å². The predicted molar refractivity (Wildman–Crippen MR) is 117 cm³/mol. The Bertz CT molecular complexity index is 686. The third-order valence-electron chi connectivity index (χ3n) is 4.25. The van der Waals surface area contributed by atoms with Crippen molar-refractivity contribution in [1.29, 1.82) is 0 Å². The van der Waals surface area contributed by atoms with E-state index in [0.29, 0.717) is 32.0 Å². The van der Waals surface area contributed by atoms with Crippen molar-refractivity contribution in [3.05, 3.63) is 29.8 Å². The highest BCUT2D eigenvalue weighted by atomic mass is 127. The first-order valence-corrected chi connectivity index (χ1v) is 9.41. The fraction of sp³-hybridized carbons (Fsp3) is 0.579. The van der Waals surface area contributed by atoms with E-state index in [2.05, 4.69) is 15.6 Å². The summed E-state index contributed by atoms with van der Waals surface area (Å²) < 4.78 is 41.6. The van der Waals surface area contributed by atoms with Crippen LogP contribution in [0.3, 0.4) is 0 Å². The number of guanidine groups is 1. The van der Waals surface area contributed by atoms with Gasteiger partial charge < -0.3 is 20.3 Å². The Morgan fingerprint density at radius 1 is 1.34 bits per heavy atom. The molecule has 1 aromatic carbocycles. The van der Waals surface area contributed by atoms with Gasteiger partial charge in [0.25, 0.3) is 0 Å². The monoisotopic (exact) mass is 528 g/mol. The molecule has 2 N–H and O–H groups in total. The largest absolute Gasteiger partial charge is 0.484 e. The molecular weight excluding hydrogens is 500 g/mol.